The number of aromatic amines is 1. The van der Waals surface area contributed by atoms with Crippen LogP contribution in [0.15, 0.2) is 59.5 Å². The quantitative estimate of drug-likeness (QED) is 0.785. The molecule has 4 heteroatoms. The predicted octanol–water partition coefficient (Wildman–Crippen LogP) is 4.24. The Morgan fingerprint density at radius 1 is 1.25 bits per heavy atom. The molecule has 0 saturated carbocycles. The van der Waals surface area contributed by atoms with Gasteiger partial charge < -0.3 is 9.72 Å². The highest BCUT2D eigenvalue weighted by Gasteiger charge is 2.15. The third-order valence-corrected chi connectivity index (χ3v) is 4.36. The van der Waals surface area contributed by atoms with Crippen molar-refractivity contribution in [3.05, 3.63) is 65.6 Å². The molecule has 3 heterocycles. The maximum Gasteiger partial charge on any atom is 0.120 e. The number of nitrogens with one attached hydrogen (secondary N) is 1. The Hall–Kier alpha value is -2.88. The van der Waals surface area contributed by atoms with Gasteiger partial charge in [-0.15, -0.1) is 0 Å². The molecule has 2 aromatic heterocycles. The van der Waals surface area contributed by atoms with E-state index in [4.69, 9.17) is 9.73 Å². The molecule has 3 aromatic rings. The molecule has 1 aromatic carbocycles. The molecule has 0 atom stereocenters. The number of fused-ring (bicyclic) bond motifs is 1. The van der Waals surface area contributed by atoms with Crippen molar-refractivity contribution >= 4 is 22.7 Å². The number of aromatic nitrogens is 2. The molecule has 0 saturated heterocycles. The Balaban J connectivity index is 1.76. The zero-order valence-corrected chi connectivity index (χ0v) is 13.6. The van der Waals surface area contributed by atoms with Gasteiger partial charge in [0.05, 0.1) is 12.8 Å². The Labute approximate surface area is 140 Å². The van der Waals surface area contributed by atoms with Crippen LogP contribution in [0.4, 0.5) is 0 Å². The highest BCUT2D eigenvalue weighted by Crippen LogP contribution is 2.27. The molecule has 0 spiro atoms. The first-order chi connectivity index (χ1) is 11.8. The average molecular weight is 317 g/mol. The van der Waals surface area contributed by atoms with Gasteiger partial charge in [0, 0.05) is 53.2 Å². The van der Waals surface area contributed by atoms with Crippen LogP contribution in [-0.4, -0.2) is 29.3 Å². The molecule has 0 fully saturated rings. The van der Waals surface area contributed by atoms with Crippen molar-refractivity contribution in [1.29, 1.82) is 0 Å². The fourth-order valence-electron chi connectivity index (χ4n) is 3.16. The summed E-state index contributed by atoms with van der Waals surface area (Å²) in [4.78, 5) is 12.3. The van der Waals surface area contributed by atoms with Gasteiger partial charge >= 0.3 is 0 Å². The predicted molar refractivity (Wildman–Crippen MR) is 97.7 cm³/mol. The van der Waals surface area contributed by atoms with Crippen LogP contribution in [0.1, 0.15) is 24.0 Å². The molecule has 4 nitrogen and oxygen atoms in total. The first-order valence-corrected chi connectivity index (χ1v) is 8.16. The van der Waals surface area contributed by atoms with E-state index in [1.807, 2.05) is 30.6 Å². The van der Waals surface area contributed by atoms with Crippen LogP contribution in [0.2, 0.25) is 0 Å². The van der Waals surface area contributed by atoms with Gasteiger partial charge in [-0.2, -0.15) is 0 Å². The van der Waals surface area contributed by atoms with Gasteiger partial charge in [-0.25, -0.2) is 0 Å². The highest BCUT2D eigenvalue weighted by molar-refractivity contribution is 6.15. The highest BCUT2D eigenvalue weighted by atomic mass is 16.5. The van der Waals surface area contributed by atoms with Gasteiger partial charge in [0.25, 0.3) is 0 Å². The SMILES string of the molecule is COc1ccc2c(C=C3CCCN=C3c3cccnc3)c[nH]c2c1. The molecule has 120 valence electrons. The summed E-state index contributed by atoms with van der Waals surface area (Å²) in [5.74, 6) is 0.860. The second-order valence-corrected chi connectivity index (χ2v) is 5.90. The van der Waals surface area contributed by atoms with Crippen LogP contribution in [-0.2, 0) is 0 Å². The van der Waals surface area contributed by atoms with Gasteiger partial charge in [0.15, 0.2) is 0 Å². The lowest BCUT2D eigenvalue weighted by Gasteiger charge is -2.16. The van der Waals surface area contributed by atoms with Crippen molar-refractivity contribution in [1.82, 2.24) is 9.97 Å². The summed E-state index contributed by atoms with van der Waals surface area (Å²) in [5, 5.41) is 1.19. The number of allylic oxidation sites excluding steroid dienone is 1. The summed E-state index contributed by atoms with van der Waals surface area (Å²) in [6, 6.07) is 10.2. The second kappa shape index (κ2) is 6.32. The van der Waals surface area contributed by atoms with Crippen LogP contribution in [0.5, 0.6) is 5.75 Å². The van der Waals surface area contributed by atoms with Crippen molar-refractivity contribution in [2.24, 2.45) is 4.99 Å². The largest absolute Gasteiger partial charge is 0.497 e. The summed E-state index contributed by atoms with van der Waals surface area (Å²) in [5.41, 5.74) is 5.69. The number of pyridine rings is 1. The summed E-state index contributed by atoms with van der Waals surface area (Å²) in [6.07, 6.45) is 10.1. The van der Waals surface area contributed by atoms with Crippen molar-refractivity contribution in [3.63, 3.8) is 0 Å². The number of methoxy groups -OCH3 is 1. The molecule has 1 aliphatic heterocycles. The van der Waals surface area contributed by atoms with Gasteiger partial charge in [0.2, 0.25) is 0 Å². The summed E-state index contributed by atoms with van der Waals surface area (Å²) < 4.78 is 5.29. The third kappa shape index (κ3) is 2.71. The van der Waals surface area contributed by atoms with Crippen LogP contribution in [0.25, 0.3) is 17.0 Å². The third-order valence-electron chi connectivity index (χ3n) is 4.36. The average Bonchev–Trinajstić information content (AvgIpc) is 3.05. The normalized spacial score (nSPS) is 16.4. The molecule has 0 unspecified atom stereocenters. The van der Waals surface area contributed by atoms with Crippen LogP contribution < -0.4 is 4.74 Å². The topological polar surface area (TPSA) is 50.3 Å². The molecule has 0 aliphatic carbocycles. The molecule has 4 rings (SSSR count). The van der Waals surface area contributed by atoms with Gasteiger partial charge in [0.1, 0.15) is 5.75 Å². The molecular weight excluding hydrogens is 298 g/mol. The van der Waals surface area contributed by atoms with E-state index in [-0.39, 0.29) is 0 Å². The lowest BCUT2D eigenvalue weighted by molar-refractivity contribution is 0.415. The second-order valence-electron chi connectivity index (χ2n) is 5.90. The number of aliphatic imine (C=N–C) groups is 1. The maximum atomic E-state index is 5.29. The van der Waals surface area contributed by atoms with Gasteiger partial charge in [-0.3, -0.25) is 9.98 Å². The number of hydrogen-bond donors (Lipinski definition) is 1. The number of rotatable bonds is 3. The number of nitrogens with zero attached hydrogens (tertiary/aromatic N) is 2. The molecule has 0 radical (unpaired) electrons. The van der Waals surface area contributed by atoms with Gasteiger partial charge in [-0.1, -0.05) is 0 Å². The fraction of sp³-hybridized carbons (Fsp3) is 0.200. The van der Waals surface area contributed by atoms with E-state index in [1.54, 1.807) is 13.3 Å². The minimum Gasteiger partial charge on any atom is -0.497 e. The van der Waals surface area contributed by atoms with Gasteiger partial charge in [-0.05, 0) is 48.8 Å². The number of H-pyrrole nitrogens is 1. The zero-order valence-electron chi connectivity index (χ0n) is 13.6. The summed E-state index contributed by atoms with van der Waals surface area (Å²) in [6.45, 7) is 0.882. The van der Waals surface area contributed by atoms with E-state index in [0.717, 1.165) is 41.9 Å². The maximum absolute atomic E-state index is 5.29. The zero-order chi connectivity index (χ0) is 16.4. The molecule has 24 heavy (non-hydrogen) atoms. The Kier molecular flexibility index (Phi) is 3.87. The lowest BCUT2D eigenvalue weighted by Crippen LogP contribution is -2.11. The molecule has 1 aliphatic rings. The first-order valence-electron chi connectivity index (χ1n) is 8.16. The standard InChI is InChI=1S/C20H19N3O/c1-24-17-6-7-18-16(13-23-19(18)11-17)10-14-4-3-9-22-20(14)15-5-2-8-21-12-15/h2,5-8,10-13,23H,3-4,9H2,1H3. The molecular formula is C20H19N3O. The van der Waals surface area contributed by atoms with Crippen LogP contribution in [0.3, 0.4) is 0 Å². The lowest BCUT2D eigenvalue weighted by atomic mass is 9.95. The van der Waals surface area contributed by atoms with E-state index in [9.17, 15) is 0 Å². The van der Waals surface area contributed by atoms with E-state index < -0.39 is 0 Å². The molecule has 0 amide bonds. The van der Waals surface area contributed by atoms with E-state index in [1.165, 1.54) is 16.5 Å². The minimum atomic E-state index is 0.860. The van der Waals surface area contributed by atoms with Crippen molar-refractivity contribution in [2.45, 2.75) is 12.8 Å². The monoisotopic (exact) mass is 317 g/mol. The van der Waals surface area contributed by atoms with Crippen molar-refractivity contribution in [2.75, 3.05) is 13.7 Å². The van der Waals surface area contributed by atoms with E-state index in [0.29, 0.717) is 0 Å². The molecule has 0 bridgehead atoms. The van der Waals surface area contributed by atoms with Crippen molar-refractivity contribution in [3.8, 4) is 5.75 Å². The summed E-state index contributed by atoms with van der Waals surface area (Å²) >= 11 is 0. The number of ether oxygens (including phenoxy) is 1. The van der Waals surface area contributed by atoms with Crippen molar-refractivity contribution < 1.29 is 4.74 Å². The Bertz CT molecular complexity index is 922. The Morgan fingerprint density at radius 3 is 3.04 bits per heavy atom. The number of benzene rings is 1. The smallest absolute Gasteiger partial charge is 0.120 e. The molecule has 1 N–H and O–H groups in total. The summed E-state index contributed by atoms with van der Waals surface area (Å²) in [7, 11) is 1.69. The van der Waals surface area contributed by atoms with Crippen LogP contribution in [0, 0.1) is 0 Å². The number of hydrogen-bond acceptors (Lipinski definition) is 3. The van der Waals surface area contributed by atoms with E-state index >= 15 is 0 Å². The van der Waals surface area contributed by atoms with E-state index in [2.05, 4.69) is 28.2 Å². The Morgan fingerprint density at radius 2 is 2.21 bits per heavy atom. The van der Waals surface area contributed by atoms with Crippen LogP contribution >= 0.6 is 0 Å². The minimum absolute atomic E-state index is 0.860. The first kappa shape index (κ1) is 14.7. The fourth-order valence-corrected chi connectivity index (χ4v) is 3.16.